The lowest BCUT2D eigenvalue weighted by Gasteiger charge is -2.04. The van der Waals surface area contributed by atoms with Crippen LogP contribution in [0.5, 0.6) is 5.75 Å². The second-order valence-corrected chi connectivity index (χ2v) is 4.45. The Hall–Kier alpha value is -1.93. The maximum atomic E-state index is 11.0. The quantitative estimate of drug-likeness (QED) is 0.846. The Morgan fingerprint density at radius 2 is 2.17 bits per heavy atom. The van der Waals surface area contributed by atoms with Gasteiger partial charge in [0.1, 0.15) is 11.3 Å². The Bertz CT molecular complexity index is 526. The third kappa shape index (κ3) is 4.15. The van der Waals surface area contributed by atoms with Gasteiger partial charge in [-0.05, 0) is 18.2 Å². The van der Waals surface area contributed by atoms with Gasteiger partial charge in [0.2, 0.25) is 0 Å². The number of benzene rings is 1. The van der Waals surface area contributed by atoms with Gasteiger partial charge in [-0.1, -0.05) is 23.6 Å². The number of rotatable bonds is 3. The number of thioether (sulfide) groups is 1. The van der Waals surface area contributed by atoms with Crippen LogP contribution in [0.3, 0.4) is 0 Å². The number of carboxylic acids is 1. The first-order chi connectivity index (χ1) is 8.54. The maximum absolute atomic E-state index is 11.0. The van der Waals surface area contributed by atoms with Gasteiger partial charge in [-0.2, -0.15) is 0 Å². The smallest absolute Gasteiger partial charge is 0.339 e. The average Bonchev–Trinajstić information content (AvgIpc) is 2.34. The van der Waals surface area contributed by atoms with Crippen molar-refractivity contribution in [3.05, 3.63) is 29.3 Å². The maximum Gasteiger partial charge on any atom is 0.339 e. The molecule has 0 aromatic heterocycles. The first kappa shape index (κ1) is 14.1. The van der Waals surface area contributed by atoms with E-state index in [2.05, 4.69) is 11.8 Å². The highest BCUT2D eigenvalue weighted by Crippen LogP contribution is 2.19. The summed E-state index contributed by atoms with van der Waals surface area (Å²) >= 11 is 1.12. The molecule has 0 atom stereocenters. The Labute approximate surface area is 109 Å². The molecular weight excluding hydrogens is 252 g/mol. The molecule has 0 spiro atoms. The van der Waals surface area contributed by atoms with E-state index >= 15 is 0 Å². The van der Waals surface area contributed by atoms with Crippen molar-refractivity contribution in [3.63, 3.8) is 0 Å². The van der Waals surface area contributed by atoms with E-state index < -0.39 is 5.97 Å². The van der Waals surface area contributed by atoms with Crippen molar-refractivity contribution in [2.75, 3.05) is 12.9 Å². The van der Waals surface area contributed by atoms with Crippen molar-refractivity contribution >= 4 is 22.8 Å². The van der Waals surface area contributed by atoms with E-state index in [1.165, 1.54) is 20.1 Å². The molecule has 1 aromatic carbocycles. The molecule has 0 heterocycles. The average molecular weight is 264 g/mol. The number of carbonyl (C=O) groups excluding carboxylic acids is 1. The molecule has 1 rings (SSSR count). The summed E-state index contributed by atoms with van der Waals surface area (Å²) in [4.78, 5) is 21.7. The van der Waals surface area contributed by atoms with Gasteiger partial charge in [0.05, 0.1) is 12.9 Å². The highest BCUT2D eigenvalue weighted by atomic mass is 32.2. The molecule has 0 saturated heterocycles. The van der Waals surface area contributed by atoms with E-state index in [0.29, 0.717) is 17.1 Å². The first-order valence-corrected chi connectivity index (χ1v) is 6.06. The molecule has 1 aromatic rings. The molecule has 0 fully saturated rings. The Kier molecular flexibility index (Phi) is 5.28. The van der Waals surface area contributed by atoms with Crippen molar-refractivity contribution in [1.82, 2.24) is 0 Å². The number of carboxylic acid groups (broad SMARTS) is 1. The van der Waals surface area contributed by atoms with E-state index in [-0.39, 0.29) is 10.7 Å². The molecule has 4 nitrogen and oxygen atoms in total. The summed E-state index contributed by atoms with van der Waals surface area (Å²) in [5.41, 5.74) is 0.654. The molecule has 0 saturated carbocycles. The zero-order valence-corrected chi connectivity index (χ0v) is 10.8. The lowest BCUT2D eigenvalue weighted by atomic mass is 10.1. The molecule has 1 N–H and O–H groups in total. The van der Waals surface area contributed by atoms with Crippen molar-refractivity contribution in [2.45, 2.75) is 6.92 Å². The van der Waals surface area contributed by atoms with Gasteiger partial charge < -0.3 is 9.84 Å². The normalized spacial score (nSPS) is 9.22. The standard InChI is InChI=1S/C13H12O4S/c1-9(14)18-7-3-4-10-5-6-12(17-2)11(8-10)13(15)16/h5-6,8H,7H2,1-2H3,(H,15,16). The molecule has 0 aliphatic rings. The van der Waals surface area contributed by atoms with Crippen molar-refractivity contribution in [1.29, 1.82) is 0 Å². The minimum atomic E-state index is -1.06. The fourth-order valence-electron chi connectivity index (χ4n) is 1.23. The number of aromatic carboxylic acids is 1. The van der Waals surface area contributed by atoms with Crippen LogP contribution in [0.2, 0.25) is 0 Å². The van der Waals surface area contributed by atoms with Crippen molar-refractivity contribution < 1.29 is 19.4 Å². The first-order valence-electron chi connectivity index (χ1n) is 5.08. The van der Waals surface area contributed by atoms with Gasteiger partial charge >= 0.3 is 5.97 Å². The third-order valence-corrected chi connectivity index (χ3v) is 2.71. The van der Waals surface area contributed by atoms with E-state index in [1.54, 1.807) is 12.1 Å². The van der Waals surface area contributed by atoms with Crippen LogP contribution >= 0.6 is 11.8 Å². The number of carbonyl (C=O) groups is 2. The van der Waals surface area contributed by atoms with Gasteiger partial charge in [0, 0.05) is 12.5 Å². The molecule has 0 radical (unpaired) electrons. The Morgan fingerprint density at radius 1 is 1.44 bits per heavy atom. The van der Waals surface area contributed by atoms with Gasteiger partial charge in [0.25, 0.3) is 0 Å². The number of methoxy groups -OCH3 is 1. The highest BCUT2D eigenvalue weighted by Gasteiger charge is 2.10. The summed E-state index contributed by atoms with van der Waals surface area (Å²) < 4.78 is 4.94. The summed E-state index contributed by atoms with van der Waals surface area (Å²) in [6.45, 7) is 1.47. The van der Waals surface area contributed by atoms with Crippen LogP contribution in [0.4, 0.5) is 0 Å². The molecule has 0 amide bonds. The third-order valence-electron chi connectivity index (χ3n) is 2.01. The molecule has 0 bridgehead atoms. The second kappa shape index (κ2) is 6.72. The van der Waals surface area contributed by atoms with E-state index in [9.17, 15) is 9.59 Å². The molecule has 0 unspecified atom stereocenters. The largest absolute Gasteiger partial charge is 0.496 e. The fraction of sp³-hybridized carbons (Fsp3) is 0.231. The molecule has 18 heavy (non-hydrogen) atoms. The van der Waals surface area contributed by atoms with Crippen LogP contribution in [0.15, 0.2) is 18.2 Å². The molecule has 5 heteroatoms. The fourth-order valence-corrected chi connectivity index (χ4v) is 1.58. The van der Waals surface area contributed by atoms with Crippen LogP contribution in [0.25, 0.3) is 0 Å². The van der Waals surface area contributed by atoms with E-state index in [1.807, 2.05) is 0 Å². The van der Waals surface area contributed by atoms with Gasteiger partial charge in [-0.15, -0.1) is 0 Å². The van der Waals surface area contributed by atoms with Gasteiger partial charge in [0.15, 0.2) is 5.12 Å². The summed E-state index contributed by atoms with van der Waals surface area (Å²) in [6.07, 6.45) is 0. The Balaban J connectivity index is 2.88. The minimum absolute atomic E-state index is 0.00487. The molecular formula is C13H12O4S. The summed E-state index contributed by atoms with van der Waals surface area (Å²) in [7, 11) is 1.41. The molecule has 0 aliphatic carbocycles. The molecule has 0 aliphatic heterocycles. The Morgan fingerprint density at radius 3 is 2.72 bits per heavy atom. The van der Waals surface area contributed by atoms with E-state index in [0.717, 1.165) is 11.8 Å². The van der Waals surface area contributed by atoms with Crippen LogP contribution in [0.1, 0.15) is 22.8 Å². The van der Waals surface area contributed by atoms with Crippen LogP contribution in [-0.2, 0) is 4.79 Å². The van der Waals surface area contributed by atoms with E-state index in [4.69, 9.17) is 9.84 Å². The summed E-state index contributed by atoms with van der Waals surface area (Å²) in [6, 6.07) is 4.69. The van der Waals surface area contributed by atoms with Crippen LogP contribution in [-0.4, -0.2) is 29.1 Å². The minimum Gasteiger partial charge on any atom is -0.496 e. The number of hydrogen-bond acceptors (Lipinski definition) is 4. The summed E-state index contributed by atoms with van der Waals surface area (Å²) in [5, 5.41) is 8.99. The summed E-state index contributed by atoms with van der Waals surface area (Å²) in [5.74, 6) is 5.23. The number of hydrogen-bond donors (Lipinski definition) is 1. The van der Waals surface area contributed by atoms with Crippen LogP contribution in [0, 0.1) is 11.8 Å². The lowest BCUT2D eigenvalue weighted by Crippen LogP contribution is -2.00. The van der Waals surface area contributed by atoms with Crippen molar-refractivity contribution in [2.24, 2.45) is 0 Å². The predicted octanol–water partition coefficient (Wildman–Crippen LogP) is 2.02. The van der Waals surface area contributed by atoms with Gasteiger partial charge in [-0.3, -0.25) is 4.79 Å². The topological polar surface area (TPSA) is 63.6 Å². The van der Waals surface area contributed by atoms with Crippen molar-refractivity contribution in [3.8, 4) is 17.6 Å². The predicted molar refractivity (Wildman–Crippen MR) is 70.0 cm³/mol. The highest BCUT2D eigenvalue weighted by molar-refractivity contribution is 8.13. The molecule has 94 valence electrons. The monoisotopic (exact) mass is 264 g/mol. The lowest BCUT2D eigenvalue weighted by molar-refractivity contribution is -0.109. The zero-order valence-electron chi connectivity index (χ0n) is 10.0. The zero-order chi connectivity index (χ0) is 13.5. The van der Waals surface area contributed by atoms with Gasteiger partial charge in [-0.25, -0.2) is 4.79 Å². The SMILES string of the molecule is COc1ccc(C#CCSC(C)=O)cc1C(=O)O. The second-order valence-electron chi connectivity index (χ2n) is 3.30. The van der Waals surface area contributed by atoms with Crippen LogP contribution < -0.4 is 4.74 Å². The number of ether oxygens (including phenoxy) is 1.